The molecule has 1 aromatic heterocycles. The van der Waals surface area contributed by atoms with Crippen LogP contribution in [0.4, 0.5) is 5.82 Å². The molecule has 0 spiro atoms. The van der Waals surface area contributed by atoms with Crippen LogP contribution in [0.3, 0.4) is 0 Å². The van der Waals surface area contributed by atoms with E-state index in [0.29, 0.717) is 11.3 Å². The number of aryl methyl sites for hydroxylation is 1. The van der Waals surface area contributed by atoms with Crippen molar-refractivity contribution < 1.29 is 4.74 Å². The highest BCUT2D eigenvalue weighted by Crippen LogP contribution is 2.32. The molecule has 1 unspecified atom stereocenters. The smallest absolute Gasteiger partial charge is 0.224 e. The van der Waals surface area contributed by atoms with Crippen LogP contribution < -0.4 is 5.32 Å². The van der Waals surface area contributed by atoms with E-state index in [0.717, 1.165) is 43.8 Å². The zero-order valence-electron chi connectivity index (χ0n) is 11.9. The first-order valence-corrected chi connectivity index (χ1v) is 7.36. The molecule has 0 aliphatic carbocycles. The fourth-order valence-electron chi connectivity index (χ4n) is 2.71. The summed E-state index contributed by atoms with van der Waals surface area (Å²) in [5.41, 5.74) is 0.897. The van der Waals surface area contributed by atoms with Crippen LogP contribution in [0.2, 0.25) is 5.28 Å². The van der Waals surface area contributed by atoms with Crippen molar-refractivity contribution >= 4 is 17.4 Å². The molecule has 0 radical (unpaired) electrons. The standard InChI is InChI=1S/C14H22ClN3O/c1-4-14(5-2)9-11(6-7-19-14)17-12-8-10(3)16-13(15)18-12/h8,11H,4-7,9H2,1-3H3,(H,16,17,18). The third-order valence-corrected chi connectivity index (χ3v) is 4.13. The zero-order valence-corrected chi connectivity index (χ0v) is 12.6. The first kappa shape index (κ1) is 14.5. The van der Waals surface area contributed by atoms with Gasteiger partial charge in [-0.25, -0.2) is 9.97 Å². The fraction of sp³-hybridized carbons (Fsp3) is 0.714. The van der Waals surface area contributed by atoms with Crippen molar-refractivity contribution in [3.63, 3.8) is 0 Å². The minimum absolute atomic E-state index is 0.0157. The van der Waals surface area contributed by atoms with E-state index in [4.69, 9.17) is 16.3 Å². The fourth-order valence-corrected chi connectivity index (χ4v) is 2.93. The number of nitrogens with one attached hydrogen (secondary N) is 1. The predicted octanol–water partition coefficient (Wildman–Crippen LogP) is 3.59. The molecule has 1 aliphatic rings. The topological polar surface area (TPSA) is 47.0 Å². The van der Waals surface area contributed by atoms with Crippen LogP contribution in [0.1, 0.15) is 45.2 Å². The summed E-state index contributed by atoms with van der Waals surface area (Å²) in [4.78, 5) is 8.31. The molecule has 0 bridgehead atoms. The van der Waals surface area contributed by atoms with Gasteiger partial charge in [0, 0.05) is 24.4 Å². The maximum Gasteiger partial charge on any atom is 0.224 e. The number of nitrogens with zero attached hydrogens (tertiary/aromatic N) is 2. The summed E-state index contributed by atoms with van der Waals surface area (Å²) in [6.45, 7) is 7.11. The van der Waals surface area contributed by atoms with Crippen LogP contribution in [-0.2, 0) is 4.74 Å². The Kier molecular flexibility index (Phi) is 4.63. The number of ether oxygens (including phenoxy) is 1. The molecule has 1 fully saturated rings. The van der Waals surface area contributed by atoms with Crippen LogP contribution in [0.25, 0.3) is 0 Å². The summed E-state index contributed by atoms with van der Waals surface area (Å²) >= 11 is 5.89. The minimum atomic E-state index is 0.0157. The number of halogens is 1. The maximum absolute atomic E-state index is 5.98. The van der Waals surface area contributed by atoms with Gasteiger partial charge in [0.15, 0.2) is 0 Å². The largest absolute Gasteiger partial charge is 0.375 e. The third kappa shape index (κ3) is 3.57. The number of hydrogen-bond acceptors (Lipinski definition) is 4. The molecule has 0 saturated carbocycles. The second-order valence-electron chi connectivity index (χ2n) is 5.24. The lowest BCUT2D eigenvalue weighted by atomic mass is 9.86. The van der Waals surface area contributed by atoms with Gasteiger partial charge in [-0.15, -0.1) is 0 Å². The molecule has 106 valence electrons. The average molecular weight is 284 g/mol. The number of rotatable bonds is 4. The molecule has 2 heterocycles. The molecule has 19 heavy (non-hydrogen) atoms. The second-order valence-corrected chi connectivity index (χ2v) is 5.57. The van der Waals surface area contributed by atoms with Crippen molar-refractivity contribution in [1.29, 1.82) is 0 Å². The van der Waals surface area contributed by atoms with Crippen LogP contribution in [0.15, 0.2) is 6.07 Å². The van der Waals surface area contributed by atoms with Crippen molar-refractivity contribution in [3.05, 3.63) is 17.0 Å². The van der Waals surface area contributed by atoms with Crippen LogP contribution >= 0.6 is 11.6 Å². The summed E-state index contributed by atoms with van der Waals surface area (Å²) in [6, 6.07) is 2.32. The van der Waals surface area contributed by atoms with Gasteiger partial charge in [-0.05, 0) is 44.2 Å². The zero-order chi connectivity index (χ0) is 13.9. The van der Waals surface area contributed by atoms with Crippen molar-refractivity contribution in [2.75, 3.05) is 11.9 Å². The van der Waals surface area contributed by atoms with Crippen LogP contribution in [0.5, 0.6) is 0 Å². The summed E-state index contributed by atoms with van der Waals surface area (Å²) in [7, 11) is 0. The van der Waals surface area contributed by atoms with Crippen molar-refractivity contribution in [1.82, 2.24) is 9.97 Å². The number of aromatic nitrogens is 2. The highest BCUT2D eigenvalue weighted by molar-refractivity contribution is 6.28. The van der Waals surface area contributed by atoms with Gasteiger partial charge in [0.05, 0.1) is 5.60 Å². The van der Waals surface area contributed by atoms with E-state index in [1.165, 1.54) is 0 Å². The Hall–Kier alpha value is -0.870. The highest BCUT2D eigenvalue weighted by atomic mass is 35.5. The lowest BCUT2D eigenvalue weighted by molar-refractivity contribution is -0.0864. The molecule has 1 N–H and O–H groups in total. The Morgan fingerprint density at radius 3 is 2.79 bits per heavy atom. The van der Waals surface area contributed by atoms with Gasteiger partial charge in [-0.3, -0.25) is 0 Å². The molecule has 1 aliphatic heterocycles. The molecule has 1 aromatic rings. The molecule has 0 amide bonds. The molecule has 0 aromatic carbocycles. The first-order chi connectivity index (χ1) is 9.07. The van der Waals surface area contributed by atoms with Gasteiger partial charge < -0.3 is 10.1 Å². The number of hydrogen-bond donors (Lipinski definition) is 1. The van der Waals surface area contributed by atoms with Gasteiger partial charge in [-0.2, -0.15) is 0 Å². The lowest BCUT2D eigenvalue weighted by Gasteiger charge is -2.40. The van der Waals surface area contributed by atoms with Crippen molar-refractivity contribution in [2.45, 2.75) is 58.1 Å². The van der Waals surface area contributed by atoms with E-state index in [2.05, 4.69) is 29.1 Å². The Balaban J connectivity index is 2.06. The summed E-state index contributed by atoms with van der Waals surface area (Å²) in [5, 5.41) is 3.77. The molecule has 1 saturated heterocycles. The van der Waals surface area contributed by atoms with E-state index >= 15 is 0 Å². The summed E-state index contributed by atoms with van der Waals surface area (Å²) < 4.78 is 5.98. The molecule has 4 nitrogen and oxygen atoms in total. The number of anilines is 1. The monoisotopic (exact) mass is 283 g/mol. The van der Waals surface area contributed by atoms with Gasteiger partial charge in [0.1, 0.15) is 5.82 Å². The minimum Gasteiger partial charge on any atom is -0.375 e. The van der Waals surface area contributed by atoms with Crippen LogP contribution in [0, 0.1) is 6.92 Å². The Labute approximate surface area is 119 Å². The first-order valence-electron chi connectivity index (χ1n) is 6.98. The van der Waals surface area contributed by atoms with Crippen molar-refractivity contribution in [3.8, 4) is 0 Å². The molecule has 2 rings (SSSR count). The van der Waals surface area contributed by atoms with Gasteiger partial charge in [0.2, 0.25) is 5.28 Å². The summed E-state index contributed by atoms with van der Waals surface area (Å²) in [5.74, 6) is 0.811. The predicted molar refractivity (Wildman–Crippen MR) is 77.7 cm³/mol. The van der Waals surface area contributed by atoms with Gasteiger partial charge in [0.25, 0.3) is 0 Å². The highest BCUT2D eigenvalue weighted by Gasteiger charge is 2.34. The lowest BCUT2D eigenvalue weighted by Crippen LogP contribution is -2.43. The van der Waals surface area contributed by atoms with E-state index in [1.54, 1.807) is 0 Å². The molecule has 5 heteroatoms. The molecular formula is C14H22ClN3O. The Morgan fingerprint density at radius 1 is 1.42 bits per heavy atom. The average Bonchev–Trinajstić information content (AvgIpc) is 2.37. The maximum atomic E-state index is 5.98. The summed E-state index contributed by atoms with van der Waals surface area (Å²) in [6.07, 6.45) is 4.11. The SMILES string of the molecule is CCC1(CC)CC(Nc2cc(C)nc(Cl)n2)CCO1. The quantitative estimate of drug-likeness (QED) is 0.858. The third-order valence-electron chi connectivity index (χ3n) is 3.96. The van der Waals surface area contributed by atoms with E-state index in [-0.39, 0.29) is 5.60 Å². The Morgan fingerprint density at radius 2 is 2.16 bits per heavy atom. The van der Waals surface area contributed by atoms with Crippen LogP contribution in [-0.4, -0.2) is 28.2 Å². The second kappa shape index (κ2) is 6.06. The van der Waals surface area contributed by atoms with E-state index < -0.39 is 0 Å². The van der Waals surface area contributed by atoms with Gasteiger partial charge in [-0.1, -0.05) is 13.8 Å². The Bertz CT molecular complexity index is 414. The van der Waals surface area contributed by atoms with E-state index in [9.17, 15) is 0 Å². The van der Waals surface area contributed by atoms with Crippen molar-refractivity contribution in [2.24, 2.45) is 0 Å². The van der Waals surface area contributed by atoms with Gasteiger partial charge >= 0.3 is 0 Å². The molecule has 1 atom stereocenters. The normalized spacial score (nSPS) is 22.2. The molecular weight excluding hydrogens is 262 g/mol. The van der Waals surface area contributed by atoms with E-state index in [1.807, 2.05) is 13.0 Å².